The highest BCUT2D eigenvalue weighted by Crippen LogP contribution is 2.16. The zero-order valence-corrected chi connectivity index (χ0v) is 13.6. The quantitative estimate of drug-likeness (QED) is 0.564. The van der Waals surface area contributed by atoms with Gasteiger partial charge in [0.15, 0.2) is 5.96 Å². The summed E-state index contributed by atoms with van der Waals surface area (Å²) in [5, 5.41) is 5.56. The molecule has 122 valence electrons. The van der Waals surface area contributed by atoms with Crippen LogP contribution in [0.2, 0.25) is 0 Å². The van der Waals surface area contributed by atoms with Crippen LogP contribution < -0.4 is 10.6 Å². The summed E-state index contributed by atoms with van der Waals surface area (Å²) >= 11 is 0. The fourth-order valence-corrected chi connectivity index (χ4v) is 2.14. The first-order chi connectivity index (χ1) is 11.1. The van der Waals surface area contributed by atoms with E-state index in [1.165, 1.54) is 0 Å². The molecular weight excluding hydrogens is 292 g/mol. The van der Waals surface area contributed by atoms with E-state index in [2.05, 4.69) is 25.6 Å². The van der Waals surface area contributed by atoms with Gasteiger partial charge in [-0.05, 0) is 5.56 Å². The van der Waals surface area contributed by atoms with E-state index in [0.29, 0.717) is 12.5 Å². The summed E-state index contributed by atoms with van der Waals surface area (Å²) in [5.41, 5.74) is 2.07. The molecule has 7 heteroatoms. The summed E-state index contributed by atoms with van der Waals surface area (Å²) in [6.07, 6.45) is 1.82. The molecule has 1 aromatic heterocycles. The Kier molecular flexibility index (Phi) is 5.74. The largest absolute Gasteiger partial charge is 0.358 e. The Hall–Kier alpha value is -2.83. The number of aliphatic imine (C=N–C) groups is 1. The van der Waals surface area contributed by atoms with Crippen molar-refractivity contribution in [2.24, 2.45) is 4.99 Å². The molecule has 2 rings (SSSR count). The highest BCUT2D eigenvalue weighted by atomic mass is 16.1. The van der Waals surface area contributed by atoms with Crippen LogP contribution in [0.15, 0.2) is 41.5 Å². The second-order valence-corrected chi connectivity index (χ2v) is 5.04. The summed E-state index contributed by atoms with van der Waals surface area (Å²) in [6.45, 7) is 0.737. The van der Waals surface area contributed by atoms with Crippen LogP contribution >= 0.6 is 0 Å². The van der Waals surface area contributed by atoms with Gasteiger partial charge in [0, 0.05) is 21.1 Å². The molecule has 0 aliphatic carbocycles. The summed E-state index contributed by atoms with van der Waals surface area (Å²) in [5.74, 6) is 1.37. The fraction of sp³-hybridized carbons (Fsp3) is 0.312. The predicted molar refractivity (Wildman–Crippen MR) is 90.9 cm³/mol. The minimum absolute atomic E-state index is 0.0936. The third-order valence-corrected chi connectivity index (χ3v) is 3.36. The van der Waals surface area contributed by atoms with Crippen LogP contribution in [0.25, 0.3) is 11.3 Å². The number of hydrogen-bond acceptors (Lipinski definition) is 3. The molecule has 1 amide bonds. The van der Waals surface area contributed by atoms with E-state index in [0.717, 1.165) is 17.1 Å². The molecule has 0 fully saturated rings. The Balaban J connectivity index is 1.98. The van der Waals surface area contributed by atoms with E-state index in [-0.39, 0.29) is 12.5 Å². The van der Waals surface area contributed by atoms with Gasteiger partial charge < -0.3 is 20.5 Å². The molecule has 0 atom stereocenters. The van der Waals surface area contributed by atoms with Crippen molar-refractivity contribution in [2.45, 2.75) is 6.54 Å². The number of hydrogen-bond donors (Lipinski definition) is 3. The Labute approximate surface area is 135 Å². The van der Waals surface area contributed by atoms with Crippen LogP contribution in [0.4, 0.5) is 0 Å². The number of carbonyl (C=O) groups is 1. The van der Waals surface area contributed by atoms with Crippen LogP contribution in [-0.2, 0) is 11.3 Å². The molecule has 0 aliphatic heterocycles. The van der Waals surface area contributed by atoms with Gasteiger partial charge in [0.05, 0.1) is 25.0 Å². The van der Waals surface area contributed by atoms with E-state index in [9.17, 15) is 4.79 Å². The average molecular weight is 314 g/mol. The molecule has 0 spiro atoms. The lowest BCUT2D eigenvalue weighted by atomic mass is 10.2. The third-order valence-electron chi connectivity index (χ3n) is 3.36. The van der Waals surface area contributed by atoms with Gasteiger partial charge in [-0.1, -0.05) is 30.3 Å². The van der Waals surface area contributed by atoms with Crippen molar-refractivity contribution in [1.29, 1.82) is 0 Å². The van der Waals surface area contributed by atoms with Gasteiger partial charge in [0.2, 0.25) is 5.91 Å². The van der Waals surface area contributed by atoms with Gasteiger partial charge >= 0.3 is 0 Å². The Bertz CT molecular complexity index is 664. The second-order valence-electron chi connectivity index (χ2n) is 5.04. The molecular formula is C16H22N6O. The highest BCUT2D eigenvalue weighted by Gasteiger charge is 2.10. The van der Waals surface area contributed by atoms with E-state index < -0.39 is 0 Å². The molecule has 23 heavy (non-hydrogen) atoms. The third kappa shape index (κ3) is 4.57. The maximum Gasteiger partial charge on any atom is 0.239 e. The van der Waals surface area contributed by atoms with E-state index in [1.807, 2.05) is 48.5 Å². The number of aromatic amines is 1. The van der Waals surface area contributed by atoms with Gasteiger partial charge in [0.25, 0.3) is 0 Å². The minimum Gasteiger partial charge on any atom is -0.358 e. The predicted octanol–water partition coefficient (Wildman–Crippen LogP) is 0.830. The number of rotatable bonds is 5. The summed E-state index contributed by atoms with van der Waals surface area (Å²) < 4.78 is 0. The van der Waals surface area contributed by atoms with E-state index in [4.69, 9.17) is 0 Å². The van der Waals surface area contributed by atoms with Gasteiger partial charge in [-0.15, -0.1) is 0 Å². The maximum atomic E-state index is 11.3. The average Bonchev–Trinajstić information content (AvgIpc) is 3.04. The fourth-order valence-electron chi connectivity index (χ4n) is 2.14. The first-order valence-electron chi connectivity index (χ1n) is 7.35. The SMILES string of the molecule is CN=C(NCC(=O)NC)N(C)Cc1ncc(-c2ccccc2)[nH]1. The smallest absolute Gasteiger partial charge is 0.239 e. The Morgan fingerprint density at radius 2 is 2.09 bits per heavy atom. The van der Waals surface area contributed by atoms with Crippen LogP contribution in [0.1, 0.15) is 5.82 Å². The molecule has 0 saturated heterocycles. The molecule has 1 aromatic carbocycles. The Morgan fingerprint density at radius 1 is 1.35 bits per heavy atom. The molecule has 0 radical (unpaired) electrons. The first-order valence-corrected chi connectivity index (χ1v) is 7.35. The molecule has 7 nitrogen and oxygen atoms in total. The van der Waals surface area contributed by atoms with Crippen LogP contribution in [0.5, 0.6) is 0 Å². The molecule has 3 N–H and O–H groups in total. The number of aromatic nitrogens is 2. The van der Waals surface area contributed by atoms with Gasteiger partial charge in [0.1, 0.15) is 5.82 Å². The maximum absolute atomic E-state index is 11.3. The van der Waals surface area contributed by atoms with Crippen molar-refractivity contribution in [3.05, 3.63) is 42.4 Å². The standard InChI is InChI=1S/C16H22N6O/c1-17-15(23)10-20-16(18-2)22(3)11-14-19-9-13(21-14)12-7-5-4-6-8-12/h4-9H,10-11H2,1-3H3,(H,17,23)(H,18,20)(H,19,21). The lowest BCUT2D eigenvalue weighted by Gasteiger charge is -2.20. The van der Waals surface area contributed by atoms with Crippen molar-refractivity contribution in [1.82, 2.24) is 25.5 Å². The molecule has 1 heterocycles. The topological polar surface area (TPSA) is 85.4 Å². The molecule has 2 aromatic rings. The number of imidazole rings is 1. The summed E-state index contributed by atoms with van der Waals surface area (Å²) in [7, 11) is 5.18. The van der Waals surface area contributed by atoms with Crippen LogP contribution in [0.3, 0.4) is 0 Å². The molecule has 0 aliphatic rings. The van der Waals surface area contributed by atoms with E-state index in [1.54, 1.807) is 14.1 Å². The van der Waals surface area contributed by atoms with Crippen molar-refractivity contribution < 1.29 is 4.79 Å². The lowest BCUT2D eigenvalue weighted by molar-refractivity contribution is -0.119. The molecule has 0 saturated carbocycles. The van der Waals surface area contributed by atoms with Crippen LogP contribution in [-0.4, -0.2) is 54.4 Å². The number of carbonyl (C=O) groups excluding carboxylic acids is 1. The normalized spacial score (nSPS) is 11.2. The van der Waals surface area contributed by atoms with Gasteiger partial charge in [-0.3, -0.25) is 9.79 Å². The lowest BCUT2D eigenvalue weighted by Crippen LogP contribution is -2.43. The highest BCUT2D eigenvalue weighted by molar-refractivity contribution is 5.86. The number of nitrogens with one attached hydrogen (secondary N) is 3. The zero-order chi connectivity index (χ0) is 16.7. The number of nitrogens with zero attached hydrogens (tertiary/aromatic N) is 3. The first kappa shape index (κ1) is 16.5. The van der Waals surface area contributed by atoms with Crippen LogP contribution in [0, 0.1) is 0 Å². The van der Waals surface area contributed by atoms with E-state index >= 15 is 0 Å². The summed E-state index contributed by atoms with van der Waals surface area (Å²) in [4.78, 5) is 25.1. The molecule has 0 bridgehead atoms. The van der Waals surface area contributed by atoms with Crippen molar-refractivity contribution in [3.8, 4) is 11.3 Å². The van der Waals surface area contributed by atoms with Crippen molar-refractivity contribution in [2.75, 3.05) is 27.7 Å². The monoisotopic (exact) mass is 314 g/mol. The second kappa shape index (κ2) is 7.98. The molecule has 0 unspecified atom stereocenters. The van der Waals surface area contributed by atoms with Crippen molar-refractivity contribution in [3.63, 3.8) is 0 Å². The van der Waals surface area contributed by atoms with Gasteiger partial charge in [-0.25, -0.2) is 4.98 Å². The minimum atomic E-state index is -0.0936. The number of likely N-dealkylation sites (N-methyl/N-ethyl adjacent to an activating group) is 1. The van der Waals surface area contributed by atoms with Gasteiger partial charge in [-0.2, -0.15) is 0 Å². The number of benzene rings is 1. The zero-order valence-electron chi connectivity index (χ0n) is 13.6. The number of H-pyrrole nitrogens is 1. The number of amides is 1. The van der Waals surface area contributed by atoms with Crippen molar-refractivity contribution >= 4 is 11.9 Å². The Morgan fingerprint density at radius 3 is 2.74 bits per heavy atom. The summed E-state index contributed by atoms with van der Waals surface area (Å²) in [6, 6.07) is 10.0. The number of guanidine groups is 1.